The molecule has 2 rings (SSSR count). The standard InChI is InChI=1S/C19H24O3/c1-3-4-5-14-22-18-12-10-16(11-13-18)15-6-8-17(9-7-15)19(20)21-2/h6-13,19-20H,3-5,14H2,1-2H3. The van der Waals surface area contributed by atoms with Gasteiger partial charge in [0.2, 0.25) is 0 Å². The molecule has 0 aliphatic rings. The van der Waals surface area contributed by atoms with Crippen molar-refractivity contribution in [1.29, 1.82) is 0 Å². The molecule has 0 heterocycles. The van der Waals surface area contributed by atoms with Crippen molar-refractivity contribution in [1.82, 2.24) is 0 Å². The van der Waals surface area contributed by atoms with Gasteiger partial charge in [0.1, 0.15) is 5.75 Å². The van der Waals surface area contributed by atoms with E-state index in [0.29, 0.717) is 0 Å². The minimum atomic E-state index is -0.868. The summed E-state index contributed by atoms with van der Waals surface area (Å²) in [5.74, 6) is 0.909. The van der Waals surface area contributed by atoms with E-state index < -0.39 is 6.29 Å². The normalized spacial score (nSPS) is 12.1. The predicted octanol–water partition coefficient (Wildman–Crippen LogP) is 4.56. The second-order valence-electron chi connectivity index (χ2n) is 5.29. The van der Waals surface area contributed by atoms with E-state index in [1.165, 1.54) is 20.0 Å². The Morgan fingerprint density at radius 1 is 0.909 bits per heavy atom. The molecule has 0 aliphatic heterocycles. The summed E-state index contributed by atoms with van der Waals surface area (Å²) in [4.78, 5) is 0. The van der Waals surface area contributed by atoms with E-state index >= 15 is 0 Å². The molecule has 118 valence electrons. The highest BCUT2D eigenvalue weighted by Gasteiger charge is 2.05. The van der Waals surface area contributed by atoms with Crippen LogP contribution in [0.2, 0.25) is 0 Å². The van der Waals surface area contributed by atoms with Gasteiger partial charge in [-0.1, -0.05) is 56.2 Å². The molecule has 0 spiro atoms. The van der Waals surface area contributed by atoms with Crippen molar-refractivity contribution in [2.75, 3.05) is 13.7 Å². The lowest BCUT2D eigenvalue weighted by molar-refractivity contribution is -0.0769. The molecule has 0 radical (unpaired) electrons. The van der Waals surface area contributed by atoms with Gasteiger partial charge in [-0.3, -0.25) is 0 Å². The molecular weight excluding hydrogens is 276 g/mol. The van der Waals surface area contributed by atoms with Gasteiger partial charge in [0.05, 0.1) is 6.61 Å². The van der Waals surface area contributed by atoms with Crippen molar-refractivity contribution in [3.05, 3.63) is 54.1 Å². The van der Waals surface area contributed by atoms with Gasteiger partial charge in [-0.25, -0.2) is 0 Å². The minimum Gasteiger partial charge on any atom is -0.494 e. The Balaban J connectivity index is 1.97. The van der Waals surface area contributed by atoms with Crippen LogP contribution in [-0.4, -0.2) is 18.8 Å². The number of ether oxygens (including phenoxy) is 2. The first-order valence-corrected chi connectivity index (χ1v) is 7.78. The Morgan fingerprint density at radius 2 is 1.50 bits per heavy atom. The number of unbranched alkanes of at least 4 members (excludes halogenated alkanes) is 2. The van der Waals surface area contributed by atoms with Gasteiger partial charge in [0, 0.05) is 12.7 Å². The quantitative estimate of drug-likeness (QED) is 0.574. The number of aliphatic hydroxyl groups excluding tert-OH is 1. The van der Waals surface area contributed by atoms with Gasteiger partial charge in [0.25, 0.3) is 0 Å². The lowest BCUT2D eigenvalue weighted by atomic mass is 10.0. The van der Waals surface area contributed by atoms with E-state index in [0.717, 1.165) is 35.5 Å². The van der Waals surface area contributed by atoms with Gasteiger partial charge < -0.3 is 14.6 Å². The van der Waals surface area contributed by atoms with Crippen LogP contribution in [0.5, 0.6) is 5.75 Å². The smallest absolute Gasteiger partial charge is 0.180 e. The van der Waals surface area contributed by atoms with Crippen molar-refractivity contribution in [3.63, 3.8) is 0 Å². The molecule has 2 aromatic carbocycles. The zero-order valence-corrected chi connectivity index (χ0v) is 13.3. The van der Waals surface area contributed by atoms with Crippen LogP contribution in [-0.2, 0) is 4.74 Å². The fourth-order valence-electron chi connectivity index (χ4n) is 2.26. The molecule has 0 aliphatic carbocycles. The molecule has 0 bridgehead atoms. The first kappa shape index (κ1) is 16.5. The zero-order chi connectivity index (χ0) is 15.8. The highest BCUT2D eigenvalue weighted by atomic mass is 16.6. The maximum atomic E-state index is 9.61. The summed E-state index contributed by atoms with van der Waals surface area (Å²) in [6.45, 7) is 2.96. The largest absolute Gasteiger partial charge is 0.494 e. The summed E-state index contributed by atoms with van der Waals surface area (Å²) >= 11 is 0. The minimum absolute atomic E-state index is 0.752. The Morgan fingerprint density at radius 3 is 2.05 bits per heavy atom. The highest BCUT2D eigenvalue weighted by molar-refractivity contribution is 5.64. The highest BCUT2D eigenvalue weighted by Crippen LogP contribution is 2.24. The first-order chi connectivity index (χ1) is 10.7. The summed E-state index contributed by atoms with van der Waals surface area (Å²) in [5.41, 5.74) is 2.98. The Labute approximate surface area is 132 Å². The topological polar surface area (TPSA) is 38.7 Å². The number of benzene rings is 2. The maximum Gasteiger partial charge on any atom is 0.180 e. The molecule has 0 fully saturated rings. The number of aliphatic hydroxyl groups is 1. The van der Waals surface area contributed by atoms with E-state index in [1.807, 2.05) is 36.4 Å². The zero-order valence-electron chi connectivity index (χ0n) is 13.3. The SMILES string of the molecule is CCCCCOc1ccc(-c2ccc(C(O)OC)cc2)cc1. The van der Waals surface area contributed by atoms with Crippen molar-refractivity contribution in [3.8, 4) is 16.9 Å². The van der Waals surface area contributed by atoms with Gasteiger partial charge in [-0.15, -0.1) is 0 Å². The second-order valence-corrected chi connectivity index (χ2v) is 5.29. The van der Waals surface area contributed by atoms with Gasteiger partial charge in [-0.05, 0) is 29.7 Å². The first-order valence-electron chi connectivity index (χ1n) is 7.78. The third-order valence-corrected chi connectivity index (χ3v) is 3.62. The van der Waals surface area contributed by atoms with Crippen molar-refractivity contribution in [2.45, 2.75) is 32.5 Å². The van der Waals surface area contributed by atoms with Crippen molar-refractivity contribution >= 4 is 0 Å². The van der Waals surface area contributed by atoms with Gasteiger partial charge in [0.15, 0.2) is 6.29 Å². The van der Waals surface area contributed by atoms with E-state index in [9.17, 15) is 5.11 Å². The second kappa shape index (κ2) is 8.57. The summed E-state index contributed by atoms with van der Waals surface area (Å²) in [6, 6.07) is 15.8. The van der Waals surface area contributed by atoms with Crippen LogP contribution in [0.1, 0.15) is 38.0 Å². The van der Waals surface area contributed by atoms with Crippen LogP contribution in [0.25, 0.3) is 11.1 Å². The third kappa shape index (κ3) is 4.58. The summed E-state index contributed by atoms with van der Waals surface area (Å²) in [7, 11) is 1.48. The Hall–Kier alpha value is -1.84. The number of methoxy groups -OCH3 is 1. The lowest BCUT2D eigenvalue weighted by Crippen LogP contribution is -1.98. The molecular formula is C19H24O3. The molecule has 0 amide bonds. The van der Waals surface area contributed by atoms with Crippen LogP contribution < -0.4 is 4.74 Å². The average Bonchev–Trinajstić information content (AvgIpc) is 2.59. The molecule has 1 unspecified atom stereocenters. The number of rotatable bonds is 8. The van der Waals surface area contributed by atoms with E-state index in [2.05, 4.69) is 19.1 Å². The maximum absolute atomic E-state index is 9.61. The van der Waals surface area contributed by atoms with Crippen LogP contribution in [0.3, 0.4) is 0 Å². The molecule has 0 saturated heterocycles. The average molecular weight is 300 g/mol. The van der Waals surface area contributed by atoms with Gasteiger partial charge >= 0.3 is 0 Å². The molecule has 3 heteroatoms. The number of hydrogen-bond acceptors (Lipinski definition) is 3. The van der Waals surface area contributed by atoms with Crippen LogP contribution in [0.4, 0.5) is 0 Å². The van der Waals surface area contributed by atoms with Gasteiger partial charge in [-0.2, -0.15) is 0 Å². The van der Waals surface area contributed by atoms with Crippen molar-refractivity contribution in [2.24, 2.45) is 0 Å². The molecule has 22 heavy (non-hydrogen) atoms. The molecule has 3 nitrogen and oxygen atoms in total. The van der Waals surface area contributed by atoms with Crippen molar-refractivity contribution < 1.29 is 14.6 Å². The molecule has 1 atom stereocenters. The Kier molecular flexibility index (Phi) is 6.44. The van der Waals surface area contributed by atoms with E-state index in [4.69, 9.17) is 9.47 Å². The monoisotopic (exact) mass is 300 g/mol. The summed E-state index contributed by atoms with van der Waals surface area (Å²) in [5, 5.41) is 9.61. The molecule has 0 saturated carbocycles. The van der Waals surface area contributed by atoms with Crippen LogP contribution in [0.15, 0.2) is 48.5 Å². The van der Waals surface area contributed by atoms with E-state index in [1.54, 1.807) is 0 Å². The fraction of sp³-hybridized carbons (Fsp3) is 0.368. The lowest BCUT2D eigenvalue weighted by Gasteiger charge is -2.10. The Bertz CT molecular complexity index is 546. The van der Waals surface area contributed by atoms with Crippen LogP contribution in [0, 0.1) is 0 Å². The molecule has 1 N–H and O–H groups in total. The van der Waals surface area contributed by atoms with Crippen LogP contribution >= 0.6 is 0 Å². The summed E-state index contributed by atoms with van der Waals surface area (Å²) < 4.78 is 10.6. The molecule has 0 aromatic heterocycles. The summed E-state index contributed by atoms with van der Waals surface area (Å²) in [6.07, 6.45) is 2.64. The number of hydrogen-bond donors (Lipinski definition) is 1. The predicted molar refractivity (Wildman–Crippen MR) is 88.9 cm³/mol. The third-order valence-electron chi connectivity index (χ3n) is 3.62. The molecule has 2 aromatic rings. The van der Waals surface area contributed by atoms with E-state index in [-0.39, 0.29) is 0 Å². The fourth-order valence-corrected chi connectivity index (χ4v) is 2.26.